The Hall–Kier alpha value is -4.42. The van der Waals surface area contributed by atoms with Gasteiger partial charge in [-0.3, -0.25) is 14.2 Å². The van der Waals surface area contributed by atoms with E-state index < -0.39 is 6.04 Å². The summed E-state index contributed by atoms with van der Waals surface area (Å²) in [4.78, 5) is 34.7. The Morgan fingerprint density at radius 1 is 0.975 bits per heavy atom. The van der Waals surface area contributed by atoms with Crippen LogP contribution in [0, 0.1) is 6.92 Å². The number of rotatable bonds is 8. The molecule has 1 atom stereocenters. The van der Waals surface area contributed by atoms with Crippen molar-refractivity contribution in [2.24, 2.45) is 0 Å². The number of aryl methyl sites for hydroxylation is 1. The normalized spacial score (nSPS) is 11.8. The minimum atomic E-state index is -0.556. The second-order valence-electron chi connectivity index (χ2n) is 9.75. The Labute approximate surface area is 238 Å². The molecule has 0 saturated carbocycles. The fraction of sp³-hybridized carbons (Fsp3) is 0.182. The summed E-state index contributed by atoms with van der Waals surface area (Å²) in [6.45, 7) is 4.32. The number of methoxy groups -OCH3 is 1. The van der Waals surface area contributed by atoms with Crippen molar-refractivity contribution < 1.29 is 9.53 Å². The Kier molecular flexibility index (Phi) is 7.99. The molecule has 4 aromatic carbocycles. The smallest absolute Gasteiger partial charge is 0.266 e. The molecule has 5 aromatic rings. The summed E-state index contributed by atoms with van der Waals surface area (Å²) in [6.07, 6.45) is 0.634. The lowest BCUT2D eigenvalue weighted by molar-refractivity contribution is 0.0683. The van der Waals surface area contributed by atoms with Gasteiger partial charge >= 0.3 is 0 Å². The van der Waals surface area contributed by atoms with Crippen LogP contribution in [0.3, 0.4) is 0 Å². The number of nitrogens with zero attached hydrogens (tertiary/aromatic N) is 3. The maximum atomic E-state index is 14.1. The molecule has 1 amide bonds. The molecular weight excluding hydrogens is 522 g/mol. The molecule has 202 valence electrons. The minimum absolute atomic E-state index is 0.182. The molecule has 0 spiro atoms. The molecule has 0 saturated heterocycles. The maximum absolute atomic E-state index is 14.1. The molecule has 1 unspecified atom stereocenters. The zero-order valence-electron chi connectivity index (χ0n) is 22.7. The van der Waals surface area contributed by atoms with Crippen LogP contribution in [0.25, 0.3) is 16.6 Å². The Balaban J connectivity index is 1.66. The third-order valence-electron chi connectivity index (χ3n) is 7.05. The van der Waals surface area contributed by atoms with Crippen molar-refractivity contribution in [2.75, 3.05) is 13.7 Å². The van der Waals surface area contributed by atoms with Crippen LogP contribution < -0.4 is 10.3 Å². The first kappa shape index (κ1) is 27.2. The highest BCUT2D eigenvalue weighted by atomic mass is 35.5. The lowest BCUT2D eigenvalue weighted by atomic mass is 10.1. The van der Waals surface area contributed by atoms with E-state index in [1.54, 1.807) is 59.0 Å². The highest BCUT2D eigenvalue weighted by molar-refractivity contribution is 6.31. The van der Waals surface area contributed by atoms with Gasteiger partial charge in [0.1, 0.15) is 11.6 Å². The number of hydrogen-bond donors (Lipinski definition) is 0. The van der Waals surface area contributed by atoms with Crippen LogP contribution in [0.2, 0.25) is 5.02 Å². The van der Waals surface area contributed by atoms with Crippen LogP contribution in [-0.2, 0) is 6.42 Å². The van der Waals surface area contributed by atoms with E-state index in [9.17, 15) is 9.59 Å². The largest absolute Gasteiger partial charge is 0.497 e. The van der Waals surface area contributed by atoms with E-state index in [2.05, 4.69) is 0 Å². The van der Waals surface area contributed by atoms with Gasteiger partial charge in [-0.25, -0.2) is 4.98 Å². The first-order chi connectivity index (χ1) is 19.4. The van der Waals surface area contributed by atoms with Gasteiger partial charge < -0.3 is 9.64 Å². The van der Waals surface area contributed by atoms with Crippen molar-refractivity contribution in [1.82, 2.24) is 14.5 Å². The number of fused-ring (bicyclic) bond motifs is 1. The van der Waals surface area contributed by atoms with Gasteiger partial charge in [0.2, 0.25) is 0 Å². The third kappa shape index (κ3) is 5.63. The van der Waals surface area contributed by atoms with Gasteiger partial charge in [0.25, 0.3) is 11.5 Å². The van der Waals surface area contributed by atoms with Gasteiger partial charge in [0.15, 0.2) is 0 Å². The Morgan fingerprint density at radius 2 is 1.73 bits per heavy atom. The van der Waals surface area contributed by atoms with Crippen LogP contribution in [0.15, 0.2) is 102 Å². The monoisotopic (exact) mass is 551 g/mol. The molecular formula is C33H30ClN3O3. The van der Waals surface area contributed by atoms with Gasteiger partial charge in [0.05, 0.1) is 29.7 Å². The molecule has 0 fully saturated rings. The molecule has 0 aliphatic carbocycles. The van der Waals surface area contributed by atoms with Crippen molar-refractivity contribution in [3.63, 3.8) is 0 Å². The van der Waals surface area contributed by atoms with E-state index in [0.717, 1.165) is 11.1 Å². The molecule has 0 aliphatic rings. The van der Waals surface area contributed by atoms with Crippen molar-refractivity contribution in [3.8, 4) is 11.4 Å². The summed E-state index contributed by atoms with van der Waals surface area (Å²) in [7, 11) is 1.57. The lowest BCUT2D eigenvalue weighted by Crippen LogP contribution is -2.38. The minimum Gasteiger partial charge on any atom is -0.497 e. The standard InChI is InChI=1S/C33H30ClN3O3/c1-22-12-15-27(16-13-22)37-31(35-30-21-26(34)14-17-29(30)33(37)39)23(2)36(19-18-24-8-5-4-6-9-24)32(38)25-10-7-11-28(20-25)40-3/h4-17,20-21,23H,18-19H2,1-3H3. The highest BCUT2D eigenvalue weighted by Gasteiger charge is 2.28. The molecule has 7 heteroatoms. The summed E-state index contributed by atoms with van der Waals surface area (Å²) < 4.78 is 6.99. The Bertz CT molecular complexity index is 1720. The first-order valence-electron chi connectivity index (χ1n) is 13.1. The summed E-state index contributed by atoms with van der Waals surface area (Å²) in [5.74, 6) is 0.864. The number of carbonyl (C=O) groups excluding carboxylic acids is 1. The first-order valence-corrected chi connectivity index (χ1v) is 13.5. The van der Waals surface area contributed by atoms with Gasteiger partial charge in [-0.05, 0) is 74.4 Å². The quantitative estimate of drug-likeness (QED) is 0.213. The summed E-state index contributed by atoms with van der Waals surface area (Å²) in [5.41, 5.74) is 3.62. The average molecular weight is 552 g/mol. The molecule has 1 aromatic heterocycles. The highest BCUT2D eigenvalue weighted by Crippen LogP contribution is 2.27. The number of amides is 1. The van der Waals surface area contributed by atoms with E-state index in [0.29, 0.717) is 51.7 Å². The van der Waals surface area contributed by atoms with Crippen molar-refractivity contribution in [1.29, 1.82) is 0 Å². The Morgan fingerprint density at radius 3 is 2.45 bits per heavy atom. The SMILES string of the molecule is COc1cccc(C(=O)N(CCc2ccccc2)C(C)c2nc3cc(Cl)ccc3c(=O)n2-c2ccc(C)cc2)c1. The summed E-state index contributed by atoms with van der Waals surface area (Å²) in [5, 5.41) is 0.940. The van der Waals surface area contributed by atoms with Crippen LogP contribution >= 0.6 is 11.6 Å². The van der Waals surface area contributed by atoms with Crippen LogP contribution in [0.4, 0.5) is 0 Å². The summed E-state index contributed by atoms with van der Waals surface area (Å²) in [6, 6.07) is 29.3. The molecule has 1 heterocycles. The molecule has 0 radical (unpaired) electrons. The van der Waals surface area contributed by atoms with Gasteiger partial charge in [-0.1, -0.05) is 65.7 Å². The number of aromatic nitrogens is 2. The lowest BCUT2D eigenvalue weighted by Gasteiger charge is -2.31. The topological polar surface area (TPSA) is 64.4 Å². The fourth-order valence-corrected chi connectivity index (χ4v) is 4.99. The van der Waals surface area contributed by atoms with Crippen molar-refractivity contribution >= 4 is 28.4 Å². The van der Waals surface area contributed by atoms with E-state index in [1.807, 2.05) is 68.4 Å². The number of benzene rings is 4. The van der Waals surface area contributed by atoms with E-state index in [-0.39, 0.29) is 11.5 Å². The second kappa shape index (κ2) is 11.8. The van der Waals surface area contributed by atoms with E-state index >= 15 is 0 Å². The molecule has 6 nitrogen and oxygen atoms in total. The molecule has 0 N–H and O–H groups in total. The number of hydrogen-bond acceptors (Lipinski definition) is 4. The average Bonchev–Trinajstić information content (AvgIpc) is 2.98. The van der Waals surface area contributed by atoms with Crippen LogP contribution in [-0.4, -0.2) is 34.0 Å². The van der Waals surface area contributed by atoms with Crippen molar-refractivity contribution in [3.05, 3.63) is 135 Å². The second-order valence-corrected chi connectivity index (χ2v) is 10.2. The molecule has 0 aliphatic heterocycles. The van der Waals surface area contributed by atoms with Crippen LogP contribution in [0.1, 0.15) is 40.3 Å². The van der Waals surface area contributed by atoms with Gasteiger partial charge in [-0.15, -0.1) is 0 Å². The predicted octanol–water partition coefficient (Wildman–Crippen LogP) is 6.80. The molecule has 5 rings (SSSR count). The van der Waals surface area contributed by atoms with Gasteiger partial charge in [0, 0.05) is 17.1 Å². The number of halogens is 1. The fourth-order valence-electron chi connectivity index (χ4n) is 4.83. The predicted molar refractivity (Wildman–Crippen MR) is 160 cm³/mol. The zero-order chi connectivity index (χ0) is 28.2. The maximum Gasteiger partial charge on any atom is 0.266 e. The zero-order valence-corrected chi connectivity index (χ0v) is 23.4. The molecule has 40 heavy (non-hydrogen) atoms. The number of carbonyl (C=O) groups is 1. The molecule has 0 bridgehead atoms. The number of ether oxygens (including phenoxy) is 1. The van der Waals surface area contributed by atoms with Crippen molar-refractivity contribution in [2.45, 2.75) is 26.3 Å². The van der Waals surface area contributed by atoms with Crippen LogP contribution in [0.5, 0.6) is 5.75 Å². The van der Waals surface area contributed by atoms with Gasteiger partial charge in [-0.2, -0.15) is 0 Å². The van der Waals surface area contributed by atoms with E-state index in [4.69, 9.17) is 21.3 Å². The summed E-state index contributed by atoms with van der Waals surface area (Å²) >= 11 is 6.29. The third-order valence-corrected chi connectivity index (χ3v) is 7.29. The van der Waals surface area contributed by atoms with E-state index in [1.165, 1.54) is 0 Å².